The van der Waals surface area contributed by atoms with Crippen LogP contribution in [0.5, 0.6) is 0 Å². The van der Waals surface area contributed by atoms with Crippen molar-refractivity contribution in [2.24, 2.45) is 0 Å². The van der Waals surface area contributed by atoms with E-state index in [2.05, 4.69) is 0 Å². The molecule has 0 aliphatic rings. The molecule has 1 rings (SSSR count). The first-order valence-corrected chi connectivity index (χ1v) is 7.62. The van der Waals surface area contributed by atoms with Crippen LogP contribution in [0.3, 0.4) is 0 Å². The summed E-state index contributed by atoms with van der Waals surface area (Å²) in [6.07, 6.45) is 0. The largest absolute Gasteiger partial charge is 0.459 e. The summed E-state index contributed by atoms with van der Waals surface area (Å²) >= 11 is 0. The Morgan fingerprint density at radius 2 is 1.63 bits per heavy atom. The van der Waals surface area contributed by atoms with Crippen LogP contribution < -0.4 is 0 Å². The maximum absolute atomic E-state index is 12.3. The molecule has 5 heteroatoms. The summed E-state index contributed by atoms with van der Waals surface area (Å²) in [7, 11) is -3.70. The maximum Gasteiger partial charge on any atom is 0.324 e. The predicted molar refractivity (Wildman–Crippen MR) is 73.7 cm³/mol. The van der Waals surface area contributed by atoms with Crippen molar-refractivity contribution in [2.75, 3.05) is 0 Å². The molecule has 0 saturated heterocycles. The summed E-state index contributed by atoms with van der Waals surface area (Å²) < 4.78 is 29.7. The van der Waals surface area contributed by atoms with E-state index in [0.29, 0.717) is 0 Å². The Hall–Kier alpha value is -1.36. The average Bonchev–Trinajstić information content (AvgIpc) is 2.26. The molecule has 4 nitrogen and oxygen atoms in total. The molecule has 1 aromatic rings. The van der Waals surface area contributed by atoms with Gasteiger partial charge in [0.15, 0.2) is 15.1 Å². The first kappa shape index (κ1) is 15.7. The lowest BCUT2D eigenvalue weighted by molar-refractivity contribution is -0.153. The molecule has 0 aliphatic carbocycles. The molecule has 0 saturated carbocycles. The van der Waals surface area contributed by atoms with Crippen molar-refractivity contribution in [3.05, 3.63) is 29.8 Å². The van der Waals surface area contributed by atoms with Gasteiger partial charge in [0.2, 0.25) is 0 Å². The maximum atomic E-state index is 12.3. The summed E-state index contributed by atoms with van der Waals surface area (Å²) in [5.74, 6) is -0.729. The number of benzene rings is 1. The molecule has 0 spiro atoms. The fourth-order valence-corrected chi connectivity index (χ4v) is 2.67. The third-order valence-electron chi connectivity index (χ3n) is 2.55. The van der Waals surface area contributed by atoms with Crippen molar-refractivity contribution in [2.45, 2.75) is 50.4 Å². The number of hydrogen-bond acceptors (Lipinski definition) is 4. The van der Waals surface area contributed by atoms with E-state index in [0.717, 1.165) is 5.56 Å². The zero-order valence-corrected chi connectivity index (χ0v) is 12.7. The number of carbonyl (C=O) groups excluding carboxylic acids is 1. The zero-order valence-electron chi connectivity index (χ0n) is 11.9. The van der Waals surface area contributed by atoms with E-state index in [9.17, 15) is 13.2 Å². The second kappa shape index (κ2) is 5.33. The Labute approximate surface area is 114 Å². The van der Waals surface area contributed by atoms with Gasteiger partial charge in [-0.3, -0.25) is 4.79 Å². The quantitative estimate of drug-likeness (QED) is 0.800. The van der Waals surface area contributed by atoms with Crippen molar-refractivity contribution >= 4 is 15.8 Å². The molecule has 0 heterocycles. The van der Waals surface area contributed by atoms with Gasteiger partial charge in [0.05, 0.1) is 4.90 Å². The first-order valence-electron chi connectivity index (χ1n) is 6.07. The molecule has 106 valence electrons. The second-order valence-corrected chi connectivity index (χ2v) is 7.80. The third kappa shape index (κ3) is 4.06. The number of ether oxygens (including phenoxy) is 1. The Balaban J connectivity index is 3.00. The standard InChI is InChI=1S/C14H20O4S/c1-10-6-8-12(9-7-10)19(16,17)11(2)13(15)18-14(3,4)5/h6-9,11H,1-5H3. The van der Waals surface area contributed by atoms with E-state index < -0.39 is 26.7 Å². The Kier molecular flexibility index (Phi) is 4.40. The van der Waals surface area contributed by atoms with Crippen molar-refractivity contribution in [3.63, 3.8) is 0 Å². The fraction of sp³-hybridized carbons (Fsp3) is 0.500. The number of sulfone groups is 1. The van der Waals surface area contributed by atoms with Crippen molar-refractivity contribution in [1.29, 1.82) is 0 Å². The minimum absolute atomic E-state index is 0.136. The molecule has 0 amide bonds. The molecule has 0 fully saturated rings. The average molecular weight is 284 g/mol. The van der Waals surface area contributed by atoms with Crippen molar-refractivity contribution in [1.82, 2.24) is 0 Å². The monoisotopic (exact) mass is 284 g/mol. The minimum atomic E-state index is -3.70. The second-order valence-electron chi connectivity index (χ2n) is 5.53. The van der Waals surface area contributed by atoms with Crippen LogP contribution in [0.15, 0.2) is 29.2 Å². The van der Waals surface area contributed by atoms with Crippen LogP contribution in [0.25, 0.3) is 0 Å². The van der Waals surface area contributed by atoms with Crippen molar-refractivity contribution < 1.29 is 17.9 Å². The first-order chi connectivity index (χ1) is 8.54. The lowest BCUT2D eigenvalue weighted by Gasteiger charge is -2.22. The van der Waals surface area contributed by atoms with Crippen LogP contribution in [0.2, 0.25) is 0 Å². The van der Waals surface area contributed by atoms with E-state index in [4.69, 9.17) is 4.74 Å². The summed E-state index contributed by atoms with van der Waals surface area (Å²) in [5, 5.41) is -1.21. The van der Waals surface area contributed by atoms with Crippen LogP contribution in [0, 0.1) is 6.92 Å². The topological polar surface area (TPSA) is 60.4 Å². The Morgan fingerprint density at radius 1 is 1.16 bits per heavy atom. The highest BCUT2D eigenvalue weighted by Crippen LogP contribution is 2.19. The normalized spacial score (nSPS) is 13.9. The van der Waals surface area contributed by atoms with Gasteiger partial charge in [0.25, 0.3) is 0 Å². The molecule has 0 aliphatic heterocycles. The smallest absolute Gasteiger partial charge is 0.324 e. The molecule has 1 aromatic carbocycles. The van der Waals surface area contributed by atoms with Crippen molar-refractivity contribution in [3.8, 4) is 0 Å². The van der Waals surface area contributed by atoms with Gasteiger partial charge in [0, 0.05) is 0 Å². The molecule has 19 heavy (non-hydrogen) atoms. The Bertz CT molecular complexity index is 550. The minimum Gasteiger partial charge on any atom is -0.459 e. The van der Waals surface area contributed by atoms with E-state index >= 15 is 0 Å². The lowest BCUT2D eigenvalue weighted by Crippen LogP contribution is -2.35. The highest BCUT2D eigenvalue weighted by Gasteiger charge is 2.33. The third-order valence-corrected chi connectivity index (χ3v) is 4.61. The molecule has 0 aromatic heterocycles. The van der Waals surface area contributed by atoms with Crippen LogP contribution in [0.4, 0.5) is 0 Å². The van der Waals surface area contributed by atoms with Gasteiger partial charge in [-0.25, -0.2) is 8.42 Å². The van der Waals surface area contributed by atoms with E-state index in [1.54, 1.807) is 32.9 Å². The molecular formula is C14H20O4S. The fourth-order valence-electron chi connectivity index (χ4n) is 1.44. The van der Waals surface area contributed by atoms with Crippen LogP contribution in [-0.2, 0) is 19.4 Å². The number of hydrogen-bond donors (Lipinski definition) is 0. The van der Waals surface area contributed by atoms with Gasteiger partial charge in [0.1, 0.15) is 5.60 Å². The molecule has 1 unspecified atom stereocenters. The number of carbonyl (C=O) groups is 1. The summed E-state index contributed by atoms with van der Waals surface area (Å²) in [4.78, 5) is 12.0. The Morgan fingerprint density at radius 3 is 2.05 bits per heavy atom. The SMILES string of the molecule is Cc1ccc(S(=O)(=O)C(C)C(=O)OC(C)(C)C)cc1. The highest BCUT2D eigenvalue weighted by atomic mass is 32.2. The molecule has 0 bridgehead atoms. The van der Waals surface area contributed by atoms with Gasteiger partial charge < -0.3 is 4.74 Å². The van der Waals surface area contributed by atoms with Crippen LogP contribution in [-0.4, -0.2) is 25.2 Å². The summed E-state index contributed by atoms with van der Waals surface area (Å²) in [6, 6.07) is 6.42. The van der Waals surface area contributed by atoms with E-state index in [1.165, 1.54) is 19.1 Å². The van der Waals surface area contributed by atoms with E-state index in [1.807, 2.05) is 6.92 Å². The van der Waals surface area contributed by atoms with Gasteiger partial charge in [-0.05, 0) is 46.8 Å². The van der Waals surface area contributed by atoms with Crippen LogP contribution in [0.1, 0.15) is 33.3 Å². The van der Waals surface area contributed by atoms with Gasteiger partial charge >= 0.3 is 5.97 Å². The summed E-state index contributed by atoms with van der Waals surface area (Å²) in [6.45, 7) is 8.33. The molecule has 0 radical (unpaired) electrons. The van der Waals surface area contributed by atoms with Gasteiger partial charge in [-0.2, -0.15) is 0 Å². The number of esters is 1. The van der Waals surface area contributed by atoms with E-state index in [-0.39, 0.29) is 4.90 Å². The number of rotatable bonds is 3. The highest BCUT2D eigenvalue weighted by molar-refractivity contribution is 7.92. The molecule has 1 atom stereocenters. The zero-order chi connectivity index (χ0) is 14.8. The predicted octanol–water partition coefficient (Wildman–Crippen LogP) is 2.50. The van der Waals surface area contributed by atoms with Gasteiger partial charge in [-0.15, -0.1) is 0 Å². The number of aryl methyl sites for hydroxylation is 1. The molecule has 0 N–H and O–H groups in total. The van der Waals surface area contributed by atoms with Gasteiger partial charge in [-0.1, -0.05) is 17.7 Å². The lowest BCUT2D eigenvalue weighted by atomic mass is 10.2. The van der Waals surface area contributed by atoms with Crippen LogP contribution >= 0.6 is 0 Å². The summed E-state index contributed by atoms with van der Waals surface area (Å²) in [5.41, 5.74) is 0.262. The molecular weight excluding hydrogens is 264 g/mol.